The monoisotopic (exact) mass is 167 g/mol. The summed E-state index contributed by atoms with van der Waals surface area (Å²) in [4.78, 5) is 0. The van der Waals surface area contributed by atoms with Crippen LogP contribution in [0.5, 0.6) is 0 Å². The minimum absolute atomic E-state index is 0.513. The molecule has 1 atom stereocenters. The third-order valence-corrected chi connectivity index (χ3v) is 4.31. The Kier molecular flexibility index (Phi) is 1.76. The smallest absolute Gasteiger partial charge is 0.0187 e. The van der Waals surface area contributed by atoms with Crippen LogP contribution in [0.2, 0.25) is 0 Å². The zero-order valence-electron chi connectivity index (χ0n) is 8.61. The first-order valence-electron chi connectivity index (χ1n) is 5.34. The molecule has 1 aliphatic carbocycles. The van der Waals surface area contributed by atoms with Gasteiger partial charge >= 0.3 is 0 Å². The van der Waals surface area contributed by atoms with E-state index in [1.54, 1.807) is 0 Å². The molecule has 1 unspecified atom stereocenters. The molecule has 1 saturated carbocycles. The average molecular weight is 167 g/mol. The molecular formula is C11H21N. The van der Waals surface area contributed by atoms with Crippen LogP contribution in [0.3, 0.4) is 0 Å². The first-order valence-corrected chi connectivity index (χ1v) is 5.34. The molecule has 1 heteroatoms. The fourth-order valence-electron chi connectivity index (χ4n) is 2.90. The molecule has 70 valence electrons. The van der Waals surface area contributed by atoms with E-state index < -0.39 is 0 Å². The molecule has 1 spiro atoms. The van der Waals surface area contributed by atoms with Crippen molar-refractivity contribution in [3.8, 4) is 0 Å². The molecule has 1 heterocycles. The van der Waals surface area contributed by atoms with Gasteiger partial charge in [0.1, 0.15) is 0 Å². The zero-order valence-corrected chi connectivity index (χ0v) is 8.61. The van der Waals surface area contributed by atoms with Crippen LogP contribution < -0.4 is 5.32 Å². The van der Waals surface area contributed by atoms with E-state index in [4.69, 9.17) is 0 Å². The Hall–Kier alpha value is -0.0400. The van der Waals surface area contributed by atoms with Gasteiger partial charge in [0.25, 0.3) is 0 Å². The SMILES string of the molecule is CCC(C)(C)C1NCC12CCC2. The van der Waals surface area contributed by atoms with Gasteiger partial charge < -0.3 is 5.32 Å². The lowest BCUT2D eigenvalue weighted by molar-refractivity contribution is -0.0637. The van der Waals surface area contributed by atoms with Gasteiger partial charge in [-0.05, 0) is 30.1 Å². The molecule has 12 heavy (non-hydrogen) atoms. The lowest BCUT2D eigenvalue weighted by Crippen LogP contribution is -2.70. The van der Waals surface area contributed by atoms with Gasteiger partial charge in [0.05, 0.1) is 0 Å². The summed E-state index contributed by atoms with van der Waals surface area (Å²) in [5.74, 6) is 0. The van der Waals surface area contributed by atoms with Crippen molar-refractivity contribution in [1.82, 2.24) is 5.32 Å². The second-order valence-electron chi connectivity index (χ2n) is 5.37. The molecule has 2 fully saturated rings. The van der Waals surface area contributed by atoms with Gasteiger partial charge in [-0.25, -0.2) is 0 Å². The molecule has 1 nitrogen and oxygen atoms in total. The summed E-state index contributed by atoms with van der Waals surface area (Å²) in [6.45, 7) is 8.42. The Morgan fingerprint density at radius 1 is 1.42 bits per heavy atom. The molecule has 0 amide bonds. The highest BCUT2D eigenvalue weighted by Gasteiger charge is 2.55. The van der Waals surface area contributed by atoms with E-state index in [0.717, 1.165) is 11.5 Å². The second kappa shape index (κ2) is 2.47. The highest BCUT2D eigenvalue weighted by Crippen LogP contribution is 2.54. The maximum Gasteiger partial charge on any atom is 0.0187 e. The summed E-state index contributed by atoms with van der Waals surface area (Å²) in [5.41, 5.74) is 1.25. The largest absolute Gasteiger partial charge is 0.312 e. The van der Waals surface area contributed by atoms with Crippen LogP contribution in [-0.4, -0.2) is 12.6 Å². The van der Waals surface area contributed by atoms with Crippen molar-refractivity contribution >= 4 is 0 Å². The topological polar surface area (TPSA) is 12.0 Å². The van der Waals surface area contributed by atoms with Crippen molar-refractivity contribution in [3.63, 3.8) is 0 Å². The lowest BCUT2D eigenvalue weighted by Gasteiger charge is -2.62. The fraction of sp³-hybridized carbons (Fsp3) is 1.00. The summed E-state index contributed by atoms with van der Waals surface area (Å²) < 4.78 is 0. The highest BCUT2D eigenvalue weighted by atomic mass is 15.1. The van der Waals surface area contributed by atoms with Crippen molar-refractivity contribution in [1.29, 1.82) is 0 Å². The maximum absolute atomic E-state index is 3.63. The van der Waals surface area contributed by atoms with E-state index in [2.05, 4.69) is 26.1 Å². The Morgan fingerprint density at radius 3 is 2.33 bits per heavy atom. The molecule has 1 aliphatic heterocycles. The fourth-order valence-corrected chi connectivity index (χ4v) is 2.90. The first kappa shape index (κ1) is 8.55. The molecule has 0 aromatic heterocycles. The van der Waals surface area contributed by atoms with Gasteiger partial charge in [-0.15, -0.1) is 0 Å². The highest BCUT2D eigenvalue weighted by molar-refractivity contribution is 5.11. The number of hydrogen-bond donors (Lipinski definition) is 1. The summed E-state index contributed by atoms with van der Waals surface area (Å²) in [7, 11) is 0. The van der Waals surface area contributed by atoms with Gasteiger partial charge in [-0.2, -0.15) is 0 Å². The first-order chi connectivity index (χ1) is 5.61. The van der Waals surface area contributed by atoms with Crippen LogP contribution in [0, 0.1) is 10.8 Å². The van der Waals surface area contributed by atoms with Crippen LogP contribution in [0.25, 0.3) is 0 Å². The molecule has 2 rings (SSSR count). The quantitative estimate of drug-likeness (QED) is 0.666. The van der Waals surface area contributed by atoms with Crippen molar-refractivity contribution in [2.75, 3.05) is 6.54 Å². The van der Waals surface area contributed by atoms with Gasteiger partial charge in [-0.3, -0.25) is 0 Å². The summed E-state index contributed by atoms with van der Waals surface area (Å²) in [5, 5.41) is 3.63. The van der Waals surface area contributed by atoms with Crippen LogP contribution >= 0.6 is 0 Å². The van der Waals surface area contributed by atoms with Crippen molar-refractivity contribution < 1.29 is 0 Å². The lowest BCUT2D eigenvalue weighted by atomic mass is 9.53. The molecule has 0 aromatic carbocycles. The van der Waals surface area contributed by atoms with Crippen LogP contribution in [0.15, 0.2) is 0 Å². The van der Waals surface area contributed by atoms with E-state index >= 15 is 0 Å². The number of rotatable bonds is 2. The third kappa shape index (κ3) is 0.953. The molecule has 2 aliphatic rings. The Morgan fingerprint density at radius 2 is 2.08 bits per heavy atom. The van der Waals surface area contributed by atoms with Gasteiger partial charge in [0.15, 0.2) is 0 Å². The molecule has 0 bridgehead atoms. The van der Waals surface area contributed by atoms with E-state index in [1.165, 1.54) is 32.2 Å². The summed E-state index contributed by atoms with van der Waals surface area (Å²) in [6.07, 6.45) is 5.73. The average Bonchev–Trinajstić information content (AvgIpc) is 1.81. The van der Waals surface area contributed by atoms with E-state index in [-0.39, 0.29) is 0 Å². The maximum atomic E-state index is 3.63. The van der Waals surface area contributed by atoms with E-state index in [1.807, 2.05) is 0 Å². The molecule has 0 aromatic rings. The minimum Gasteiger partial charge on any atom is -0.312 e. The predicted molar refractivity (Wildman–Crippen MR) is 52.1 cm³/mol. The summed E-state index contributed by atoms with van der Waals surface area (Å²) in [6, 6.07) is 0.809. The van der Waals surface area contributed by atoms with Crippen molar-refractivity contribution in [2.24, 2.45) is 10.8 Å². The molecular weight excluding hydrogens is 146 g/mol. The molecule has 1 saturated heterocycles. The van der Waals surface area contributed by atoms with Gasteiger partial charge in [0, 0.05) is 12.6 Å². The van der Waals surface area contributed by atoms with Gasteiger partial charge in [0.2, 0.25) is 0 Å². The minimum atomic E-state index is 0.513. The van der Waals surface area contributed by atoms with Gasteiger partial charge in [-0.1, -0.05) is 27.2 Å². The van der Waals surface area contributed by atoms with E-state index in [0.29, 0.717) is 5.41 Å². The standard InChI is InChI=1S/C11H21N/c1-4-10(2,3)9-11(8-12-9)6-5-7-11/h9,12H,4-8H2,1-3H3. The molecule has 0 radical (unpaired) electrons. The predicted octanol–water partition coefficient (Wildman–Crippen LogP) is 2.56. The third-order valence-electron chi connectivity index (χ3n) is 4.31. The Balaban J connectivity index is 2.05. The van der Waals surface area contributed by atoms with Crippen molar-refractivity contribution in [3.05, 3.63) is 0 Å². The Bertz CT molecular complexity index is 169. The Labute approximate surface area is 75.9 Å². The zero-order chi connectivity index (χ0) is 8.82. The number of hydrogen-bond acceptors (Lipinski definition) is 1. The van der Waals surface area contributed by atoms with Crippen LogP contribution in [-0.2, 0) is 0 Å². The van der Waals surface area contributed by atoms with E-state index in [9.17, 15) is 0 Å². The number of nitrogens with one attached hydrogen (secondary N) is 1. The second-order valence-corrected chi connectivity index (χ2v) is 5.37. The molecule has 1 N–H and O–H groups in total. The van der Waals surface area contributed by atoms with Crippen LogP contribution in [0.1, 0.15) is 46.5 Å². The normalized spacial score (nSPS) is 32.8. The summed E-state index contributed by atoms with van der Waals surface area (Å²) >= 11 is 0. The van der Waals surface area contributed by atoms with Crippen LogP contribution in [0.4, 0.5) is 0 Å². The van der Waals surface area contributed by atoms with Crippen molar-refractivity contribution in [2.45, 2.75) is 52.5 Å².